The third-order valence-corrected chi connectivity index (χ3v) is 6.13. The first-order valence-electron chi connectivity index (χ1n) is 10.2. The van der Waals surface area contributed by atoms with Gasteiger partial charge in [0, 0.05) is 22.9 Å². The molecule has 0 aliphatic heterocycles. The average Bonchev–Trinajstić information content (AvgIpc) is 3.36. The lowest BCUT2D eigenvalue weighted by atomic mass is 10.1. The fraction of sp³-hybridized carbons (Fsp3) is 0.0741. The molecule has 0 amide bonds. The zero-order valence-electron chi connectivity index (χ0n) is 17.0. The van der Waals surface area contributed by atoms with Crippen molar-refractivity contribution in [2.75, 3.05) is 0 Å². The van der Waals surface area contributed by atoms with Crippen LogP contribution in [0.2, 0.25) is 0 Å². The van der Waals surface area contributed by atoms with E-state index in [4.69, 9.17) is 4.42 Å². The molecule has 0 radical (unpaired) electrons. The van der Waals surface area contributed by atoms with Crippen LogP contribution in [0.1, 0.15) is 5.76 Å². The van der Waals surface area contributed by atoms with Gasteiger partial charge in [-0.2, -0.15) is 4.57 Å². The van der Waals surface area contributed by atoms with E-state index in [1.807, 2.05) is 6.92 Å². The summed E-state index contributed by atoms with van der Waals surface area (Å²) in [6.45, 7) is 2.02. The lowest BCUT2D eigenvalue weighted by Crippen LogP contribution is -2.32. The van der Waals surface area contributed by atoms with Crippen LogP contribution in [0.5, 0.6) is 0 Å². The monoisotopic (exact) mass is 389 g/mol. The molecule has 6 aromatic rings. The molecule has 3 heteroatoms. The Balaban J connectivity index is 1.82. The van der Waals surface area contributed by atoms with E-state index >= 15 is 0 Å². The van der Waals surface area contributed by atoms with Gasteiger partial charge in [0.2, 0.25) is 11.2 Å². The summed E-state index contributed by atoms with van der Waals surface area (Å²) in [5.74, 6) is 0.925. The summed E-state index contributed by atoms with van der Waals surface area (Å²) in [6.07, 6.45) is 1.76. The molecule has 0 saturated carbocycles. The number of rotatable bonds is 2. The van der Waals surface area contributed by atoms with E-state index in [0.29, 0.717) is 0 Å². The number of hydrogen-bond donors (Lipinski definition) is 0. The highest BCUT2D eigenvalue weighted by molar-refractivity contribution is 6.10. The maximum atomic E-state index is 5.64. The van der Waals surface area contributed by atoms with E-state index in [0.717, 1.165) is 17.0 Å². The molecule has 3 nitrogen and oxygen atoms in total. The summed E-state index contributed by atoms with van der Waals surface area (Å²) in [6, 6.07) is 30.2. The highest BCUT2D eigenvalue weighted by Gasteiger charge is 2.23. The number of benzene rings is 3. The predicted molar refractivity (Wildman–Crippen MR) is 122 cm³/mol. The maximum Gasteiger partial charge on any atom is 0.218 e. The zero-order valence-corrected chi connectivity index (χ0v) is 17.0. The van der Waals surface area contributed by atoms with Crippen LogP contribution in [0, 0.1) is 6.92 Å². The number of fused-ring (bicyclic) bond motifs is 4. The van der Waals surface area contributed by atoms with Gasteiger partial charge in [0.15, 0.2) is 0 Å². The van der Waals surface area contributed by atoms with Gasteiger partial charge >= 0.3 is 0 Å². The van der Waals surface area contributed by atoms with E-state index in [1.165, 1.54) is 38.4 Å². The largest absolute Gasteiger partial charge is 0.469 e. The van der Waals surface area contributed by atoms with Crippen molar-refractivity contribution >= 4 is 32.7 Å². The number of pyridine rings is 1. The fourth-order valence-electron chi connectivity index (χ4n) is 4.69. The van der Waals surface area contributed by atoms with E-state index in [9.17, 15) is 0 Å². The second-order valence-corrected chi connectivity index (χ2v) is 7.75. The van der Waals surface area contributed by atoms with Crippen LogP contribution < -0.4 is 4.57 Å². The SMILES string of the molecule is Cc1occc1-c1cc(-n2c3ccccc3c3ccccc32)c2ccccc2[n+]1C. The number of para-hydroxylation sites is 3. The Labute approximate surface area is 174 Å². The Morgan fingerprint density at radius 2 is 1.33 bits per heavy atom. The second kappa shape index (κ2) is 6.33. The van der Waals surface area contributed by atoms with Gasteiger partial charge in [0.05, 0.1) is 33.9 Å². The summed E-state index contributed by atoms with van der Waals surface area (Å²) in [5, 5.41) is 3.76. The fourth-order valence-corrected chi connectivity index (χ4v) is 4.69. The normalized spacial score (nSPS) is 11.7. The molecule has 0 atom stereocenters. The standard InChI is InChI=1S/C27H21N2O/c1-18-19(15-16-30-18)26-17-27(22-11-5-6-12-23(22)28(26)2)29-24-13-7-3-9-20(24)21-10-4-8-14-25(21)29/h3-17H,1-2H3/q+1. The molecule has 6 rings (SSSR count). The Kier molecular flexibility index (Phi) is 3.59. The molecule has 0 saturated heterocycles. The van der Waals surface area contributed by atoms with Gasteiger partial charge < -0.3 is 8.98 Å². The third-order valence-electron chi connectivity index (χ3n) is 6.13. The number of aryl methyl sites for hydroxylation is 2. The molecule has 144 valence electrons. The second-order valence-electron chi connectivity index (χ2n) is 7.75. The molecule has 0 spiro atoms. The van der Waals surface area contributed by atoms with Gasteiger partial charge in [-0.3, -0.25) is 0 Å². The average molecular weight is 389 g/mol. The Bertz CT molecular complexity index is 1520. The first-order valence-corrected chi connectivity index (χ1v) is 10.2. The number of hydrogen-bond acceptors (Lipinski definition) is 1. The summed E-state index contributed by atoms with van der Waals surface area (Å²) >= 11 is 0. The molecule has 3 aromatic heterocycles. The molecule has 0 N–H and O–H groups in total. The highest BCUT2D eigenvalue weighted by atomic mass is 16.3. The van der Waals surface area contributed by atoms with E-state index in [2.05, 4.69) is 101 Å². The van der Waals surface area contributed by atoms with Crippen molar-refractivity contribution in [1.82, 2.24) is 4.57 Å². The molecular formula is C27H21N2O+. The van der Waals surface area contributed by atoms with Crippen LogP contribution in [0.25, 0.3) is 49.7 Å². The summed E-state index contributed by atoms with van der Waals surface area (Å²) in [5.41, 5.74) is 7.05. The van der Waals surface area contributed by atoms with Gasteiger partial charge in [-0.1, -0.05) is 48.5 Å². The van der Waals surface area contributed by atoms with Gasteiger partial charge in [-0.15, -0.1) is 0 Å². The minimum Gasteiger partial charge on any atom is -0.469 e. The highest BCUT2D eigenvalue weighted by Crippen LogP contribution is 2.35. The molecule has 30 heavy (non-hydrogen) atoms. The predicted octanol–water partition coefficient (Wildman–Crippen LogP) is 6.33. The smallest absolute Gasteiger partial charge is 0.218 e. The lowest BCUT2D eigenvalue weighted by Gasteiger charge is -2.13. The number of aromatic nitrogens is 2. The van der Waals surface area contributed by atoms with Crippen LogP contribution in [0.3, 0.4) is 0 Å². The minimum absolute atomic E-state index is 0.925. The van der Waals surface area contributed by atoms with Crippen LogP contribution >= 0.6 is 0 Å². The molecule has 3 heterocycles. The minimum atomic E-state index is 0.925. The summed E-state index contributed by atoms with van der Waals surface area (Å²) in [7, 11) is 2.12. The third kappa shape index (κ3) is 2.29. The molecule has 0 bridgehead atoms. The molecule has 0 aliphatic rings. The van der Waals surface area contributed by atoms with Gasteiger partial charge in [0.1, 0.15) is 12.8 Å². The number of nitrogens with zero attached hydrogens (tertiary/aromatic N) is 2. The molecule has 0 aliphatic carbocycles. The molecule has 3 aromatic carbocycles. The molecule has 0 fully saturated rings. The van der Waals surface area contributed by atoms with E-state index in [1.54, 1.807) is 6.26 Å². The van der Waals surface area contributed by atoms with Crippen molar-refractivity contribution in [2.24, 2.45) is 7.05 Å². The van der Waals surface area contributed by atoms with Crippen LogP contribution in [0.4, 0.5) is 0 Å². The summed E-state index contributed by atoms with van der Waals surface area (Å²) < 4.78 is 10.3. The van der Waals surface area contributed by atoms with Crippen molar-refractivity contribution in [3.63, 3.8) is 0 Å². The van der Waals surface area contributed by atoms with Crippen molar-refractivity contribution in [3.8, 4) is 16.9 Å². The Hall–Kier alpha value is -3.85. The first kappa shape index (κ1) is 17.0. The van der Waals surface area contributed by atoms with Crippen molar-refractivity contribution < 1.29 is 8.98 Å². The van der Waals surface area contributed by atoms with Gasteiger partial charge in [-0.05, 0) is 31.2 Å². The quantitative estimate of drug-likeness (QED) is 0.317. The maximum absolute atomic E-state index is 5.64. The van der Waals surface area contributed by atoms with Crippen molar-refractivity contribution in [3.05, 3.63) is 97.0 Å². The van der Waals surface area contributed by atoms with E-state index < -0.39 is 0 Å². The van der Waals surface area contributed by atoms with Crippen LogP contribution in [-0.4, -0.2) is 4.57 Å². The van der Waals surface area contributed by atoms with E-state index in [-0.39, 0.29) is 0 Å². The summed E-state index contributed by atoms with van der Waals surface area (Å²) in [4.78, 5) is 0. The van der Waals surface area contributed by atoms with Crippen LogP contribution in [0.15, 0.2) is 95.6 Å². The van der Waals surface area contributed by atoms with Gasteiger partial charge in [0.25, 0.3) is 0 Å². The van der Waals surface area contributed by atoms with Crippen molar-refractivity contribution in [1.29, 1.82) is 0 Å². The molecule has 0 unspecified atom stereocenters. The Morgan fingerprint density at radius 3 is 1.97 bits per heavy atom. The van der Waals surface area contributed by atoms with Crippen molar-refractivity contribution in [2.45, 2.75) is 6.92 Å². The van der Waals surface area contributed by atoms with Crippen LogP contribution in [-0.2, 0) is 7.05 Å². The topological polar surface area (TPSA) is 21.9 Å². The molecular weight excluding hydrogens is 368 g/mol. The lowest BCUT2D eigenvalue weighted by molar-refractivity contribution is -0.633. The Morgan fingerprint density at radius 1 is 0.733 bits per heavy atom. The first-order chi connectivity index (χ1) is 14.7. The zero-order chi connectivity index (χ0) is 20.2. The number of furan rings is 1. The van der Waals surface area contributed by atoms with Gasteiger partial charge in [-0.25, -0.2) is 0 Å².